The maximum atomic E-state index is 13.1. The summed E-state index contributed by atoms with van der Waals surface area (Å²) in [4.78, 5) is 13.1. The first-order valence-corrected chi connectivity index (χ1v) is 15.9. The van der Waals surface area contributed by atoms with Crippen LogP contribution in [-0.2, 0) is 48.5 Å². The molecule has 1 saturated heterocycles. The highest BCUT2D eigenvalue weighted by Gasteiger charge is 2.49. The molecule has 8 heteroatoms. The van der Waals surface area contributed by atoms with Crippen LogP contribution in [0.15, 0.2) is 91.0 Å². The molecule has 0 radical (unpaired) electrons. The van der Waals surface area contributed by atoms with Gasteiger partial charge in [-0.1, -0.05) is 90.7 Å². The van der Waals surface area contributed by atoms with Crippen molar-refractivity contribution in [2.24, 2.45) is 0 Å². The van der Waals surface area contributed by atoms with Crippen molar-refractivity contribution >= 4 is 24.0 Å². The van der Waals surface area contributed by atoms with Gasteiger partial charge in [0.1, 0.15) is 12.2 Å². The van der Waals surface area contributed by atoms with Crippen molar-refractivity contribution in [3.8, 4) is 0 Å². The van der Waals surface area contributed by atoms with E-state index in [1.54, 1.807) is 24.3 Å². The van der Waals surface area contributed by atoms with Gasteiger partial charge < -0.3 is 23.5 Å². The third-order valence-electron chi connectivity index (χ3n) is 5.91. The molecule has 0 spiro atoms. The summed E-state index contributed by atoms with van der Waals surface area (Å²) in [7, 11) is 0. The standard InChI is InChI=1S/C29H33O6PS/c1-21-25(34-28(30)24-17-11-6-12-18-24)26(31-19-22-13-7-4-8-14-22)27(29(33-21)35-36(2,3)37)32-20-23-15-9-5-10-16-23/h4-18,21,25-27,29H,19-20H2,1-3H3/t21-,25-,26+,27+,29?/m0/s1. The highest BCUT2D eigenvalue weighted by molar-refractivity contribution is 8.11. The lowest BCUT2D eigenvalue weighted by atomic mass is 9.98. The molecule has 196 valence electrons. The molecule has 5 atom stereocenters. The average molecular weight is 541 g/mol. The Balaban J connectivity index is 1.63. The Hall–Kier alpha value is -2.38. The zero-order valence-electron chi connectivity index (χ0n) is 21.3. The minimum absolute atomic E-state index is 0.307. The quantitative estimate of drug-likeness (QED) is 0.238. The van der Waals surface area contributed by atoms with Gasteiger partial charge in [0.25, 0.3) is 0 Å². The third-order valence-corrected chi connectivity index (χ3v) is 6.88. The molecule has 1 unspecified atom stereocenters. The van der Waals surface area contributed by atoms with Gasteiger partial charge in [-0.05, 0) is 43.5 Å². The van der Waals surface area contributed by atoms with E-state index in [9.17, 15) is 4.79 Å². The predicted octanol–water partition coefficient (Wildman–Crippen LogP) is 5.80. The van der Waals surface area contributed by atoms with Crippen molar-refractivity contribution in [2.45, 2.75) is 50.8 Å². The van der Waals surface area contributed by atoms with E-state index in [0.29, 0.717) is 18.8 Å². The number of carbonyl (C=O) groups excluding carboxylic acids is 1. The van der Waals surface area contributed by atoms with E-state index in [2.05, 4.69) is 0 Å². The summed E-state index contributed by atoms with van der Waals surface area (Å²) >= 11 is 5.61. The summed E-state index contributed by atoms with van der Waals surface area (Å²) in [5.74, 6) is -0.452. The molecule has 1 fully saturated rings. The van der Waals surface area contributed by atoms with Gasteiger partial charge in [0.2, 0.25) is 0 Å². The lowest BCUT2D eigenvalue weighted by Gasteiger charge is -2.45. The molecule has 0 aliphatic carbocycles. The second-order valence-electron chi connectivity index (χ2n) is 9.33. The zero-order valence-corrected chi connectivity index (χ0v) is 23.0. The summed E-state index contributed by atoms with van der Waals surface area (Å²) in [6, 6.07) is 28.6. The first-order valence-electron chi connectivity index (χ1n) is 12.3. The van der Waals surface area contributed by atoms with Gasteiger partial charge in [0.15, 0.2) is 12.4 Å². The summed E-state index contributed by atoms with van der Waals surface area (Å²) in [6.45, 7) is 6.25. The van der Waals surface area contributed by atoms with Crippen LogP contribution in [0.2, 0.25) is 0 Å². The van der Waals surface area contributed by atoms with Crippen molar-refractivity contribution in [3.05, 3.63) is 108 Å². The van der Waals surface area contributed by atoms with E-state index in [1.807, 2.05) is 87.0 Å². The van der Waals surface area contributed by atoms with Crippen LogP contribution in [0.1, 0.15) is 28.4 Å². The summed E-state index contributed by atoms with van der Waals surface area (Å²) in [5, 5.41) is 0. The van der Waals surface area contributed by atoms with Gasteiger partial charge in [-0.15, -0.1) is 0 Å². The number of hydrogen-bond donors (Lipinski definition) is 0. The van der Waals surface area contributed by atoms with E-state index in [4.69, 9.17) is 35.3 Å². The molecular weight excluding hydrogens is 507 g/mol. The van der Waals surface area contributed by atoms with Gasteiger partial charge in [-0.2, -0.15) is 0 Å². The van der Waals surface area contributed by atoms with Crippen molar-refractivity contribution in [2.75, 3.05) is 13.3 Å². The molecule has 37 heavy (non-hydrogen) atoms. The van der Waals surface area contributed by atoms with Crippen LogP contribution in [0, 0.1) is 0 Å². The fourth-order valence-electron chi connectivity index (χ4n) is 4.14. The number of carbonyl (C=O) groups is 1. The maximum absolute atomic E-state index is 13.1. The summed E-state index contributed by atoms with van der Waals surface area (Å²) in [5.41, 5.74) is 2.44. The fourth-order valence-corrected chi connectivity index (χ4v) is 5.06. The first kappa shape index (κ1) is 27.6. The molecule has 3 aromatic rings. The Morgan fingerprint density at radius 2 is 1.27 bits per heavy atom. The molecule has 0 bridgehead atoms. The van der Waals surface area contributed by atoms with Crippen LogP contribution in [0.3, 0.4) is 0 Å². The number of rotatable bonds is 10. The van der Waals surface area contributed by atoms with Crippen molar-refractivity contribution < 1.29 is 28.3 Å². The van der Waals surface area contributed by atoms with E-state index < -0.39 is 42.9 Å². The number of esters is 1. The molecule has 3 aromatic carbocycles. The maximum Gasteiger partial charge on any atom is 0.338 e. The molecule has 0 aromatic heterocycles. The van der Waals surface area contributed by atoms with Gasteiger partial charge in [0, 0.05) is 0 Å². The predicted molar refractivity (Wildman–Crippen MR) is 147 cm³/mol. The van der Waals surface area contributed by atoms with Gasteiger partial charge in [-0.25, -0.2) is 4.79 Å². The molecule has 4 rings (SSSR count). The van der Waals surface area contributed by atoms with Crippen LogP contribution in [0.5, 0.6) is 0 Å². The number of ether oxygens (including phenoxy) is 4. The third kappa shape index (κ3) is 8.05. The van der Waals surface area contributed by atoms with E-state index >= 15 is 0 Å². The second kappa shape index (κ2) is 12.9. The molecule has 1 aliphatic rings. The SMILES string of the molecule is C[C@@H]1OC(OP(C)(C)=S)[C@H](OCc2ccccc2)[C@H](OCc2ccccc2)[C@H]1OC(=O)c1ccccc1. The monoisotopic (exact) mass is 540 g/mol. The van der Waals surface area contributed by atoms with Gasteiger partial charge >= 0.3 is 5.97 Å². The largest absolute Gasteiger partial charge is 0.453 e. The lowest BCUT2D eigenvalue weighted by Crippen LogP contribution is -2.60. The second-order valence-corrected chi connectivity index (χ2v) is 14.7. The Morgan fingerprint density at radius 1 is 0.784 bits per heavy atom. The van der Waals surface area contributed by atoms with E-state index in [0.717, 1.165) is 11.1 Å². The van der Waals surface area contributed by atoms with E-state index in [-0.39, 0.29) is 0 Å². The highest BCUT2D eigenvalue weighted by Crippen LogP contribution is 2.43. The Morgan fingerprint density at radius 3 is 1.78 bits per heavy atom. The zero-order chi connectivity index (χ0) is 26.3. The number of benzene rings is 3. The molecule has 1 aliphatic heterocycles. The van der Waals surface area contributed by atoms with E-state index in [1.165, 1.54) is 0 Å². The molecule has 6 nitrogen and oxygen atoms in total. The molecular formula is C29H33O6PS. The molecule has 0 N–H and O–H groups in total. The summed E-state index contributed by atoms with van der Waals surface area (Å²) < 4.78 is 31.3. The van der Waals surface area contributed by atoms with Crippen LogP contribution in [-0.4, -0.2) is 50.0 Å². The smallest absolute Gasteiger partial charge is 0.338 e. The van der Waals surface area contributed by atoms with Gasteiger partial charge in [0.05, 0.1) is 31.1 Å². The van der Waals surface area contributed by atoms with Crippen LogP contribution in [0.25, 0.3) is 0 Å². The van der Waals surface area contributed by atoms with Crippen molar-refractivity contribution in [3.63, 3.8) is 0 Å². The van der Waals surface area contributed by atoms with Crippen molar-refractivity contribution in [1.29, 1.82) is 0 Å². The normalized spacial score (nSPS) is 23.9. The highest BCUT2D eigenvalue weighted by atomic mass is 32.4. The Bertz CT molecular complexity index is 1170. The first-order chi connectivity index (χ1) is 17.8. The Kier molecular flexibility index (Phi) is 9.65. The molecule has 0 saturated carbocycles. The topological polar surface area (TPSA) is 63.2 Å². The minimum Gasteiger partial charge on any atom is -0.453 e. The number of hydrogen-bond acceptors (Lipinski definition) is 7. The van der Waals surface area contributed by atoms with Crippen LogP contribution >= 0.6 is 6.26 Å². The minimum atomic E-state index is -2.13. The van der Waals surface area contributed by atoms with Gasteiger partial charge in [-0.3, -0.25) is 0 Å². The fraction of sp³-hybridized carbons (Fsp3) is 0.345. The van der Waals surface area contributed by atoms with Crippen LogP contribution < -0.4 is 0 Å². The average Bonchev–Trinajstić information content (AvgIpc) is 2.89. The summed E-state index contributed by atoms with van der Waals surface area (Å²) in [6.07, 6.45) is -5.49. The van der Waals surface area contributed by atoms with Crippen molar-refractivity contribution in [1.82, 2.24) is 0 Å². The lowest BCUT2D eigenvalue weighted by molar-refractivity contribution is -0.289. The van der Waals surface area contributed by atoms with Crippen LogP contribution in [0.4, 0.5) is 0 Å². The Labute approximate surface area is 223 Å². The molecule has 0 amide bonds. The molecule has 1 heterocycles.